The molecule has 0 fully saturated rings. The van der Waals surface area contributed by atoms with Gasteiger partial charge in [-0.2, -0.15) is 0 Å². The largest absolute Gasteiger partial charge is 0.365 e. The molecule has 0 saturated carbocycles. The molecule has 8 heteroatoms. The molecular formula is C12H16N6O2. The van der Waals surface area contributed by atoms with Crippen molar-refractivity contribution in [2.45, 2.75) is 26.8 Å². The number of nitrogens with one attached hydrogen (secondary N) is 1. The van der Waals surface area contributed by atoms with Crippen LogP contribution in [0.15, 0.2) is 18.7 Å². The van der Waals surface area contributed by atoms with Crippen LogP contribution in [-0.2, 0) is 13.0 Å². The molecule has 0 aliphatic heterocycles. The van der Waals surface area contributed by atoms with Gasteiger partial charge in [0.25, 0.3) is 0 Å². The van der Waals surface area contributed by atoms with Crippen LogP contribution in [0.3, 0.4) is 0 Å². The number of nitrogens with zero attached hydrogens (tertiary/aromatic N) is 5. The van der Waals surface area contributed by atoms with E-state index in [0.29, 0.717) is 18.7 Å². The Hall–Kier alpha value is -2.51. The molecule has 8 nitrogen and oxygen atoms in total. The average Bonchev–Trinajstić information content (AvgIpc) is 2.86. The summed E-state index contributed by atoms with van der Waals surface area (Å²) in [5, 5.41) is 14.1. The van der Waals surface area contributed by atoms with Crippen molar-refractivity contribution in [2.24, 2.45) is 0 Å². The third-order valence-electron chi connectivity index (χ3n) is 2.89. The minimum absolute atomic E-state index is 0.0833. The summed E-state index contributed by atoms with van der Waals surface area (Å²) in [6, 6.07) is 0. The molecule has 0 aromatic carbocycles. The molecule has 1 N–H and O–H groups in total. The molecule has 2 aromatic heterocycles. The Kier molecular flexibility index (Phi) is 4.24. The van der Waals surface area contributed by atoms with Crippen molar-refractivity contribution < 1.29 is 4.92 Å². The lowest BCUT2D eigenvalue weighted by atomic mass is 10.2. The van der Waals surface area contributed by atoms with Crippen LogP contribution in [-0.4, -0.2) is 31.0 Å². The number of hydrogen-bond acceptors (Lipinski definition) is 6. The quantitative estimate of drug-likeness (QED) is 0.636. The third-order valence-corrected chi connectivity index (χ3v) is 2.89. The summed E-state index contributed by atoms with van der Waals surface area (Å²) in [6.45, 7) is 5.16. The minimum atomic E-state index is -0.452. The highest BCUT2D eigenvalue weighted by atomic mass is 16.6. The van der Waals surface area contributed by atoms with E-state index in [9.17, 15) is 10.1 Å². The summed E-state index contributed by atoms with van der Waals surface area (Å²) in [4.78, 5) is 23.0. The van der Waals surface area contributed by atoms with E-state index < -0.39 is 4.92 Å². The van der Waals surface area contributed by atoms with E-state index in [2.05, 4.69) is 20.3 Å². The van der Waals surface area contributed by atoms with Crippen molar-refractivity contribution in [1.29, 1.82) is 0 Å². The van der Waals surface area contributed by atoms with Crippen LogP contribution in [0.25, 0.3) is 0 Å². The van der Waals surface area contributed by atoms with E-state index in [0.717, 1.165) is 12.4 Å². The van der Waals surface area contributed by atoms with Gasteiger partial charge in [-0.3, -0.25) is 10.1 Å². The lowest BCUT2D eigenvalue weighted by Crippen LogP contribution is -2.10. The smallest absolute Gasteiger partial charge is 0.333 e. The Morgan fingerprint density at radius 1 is 1.35 bits per heavy atom. The van der Waals surface area contributed by atoms with Gasteiger partial charge in [-0.15, -0.1) is 0 Å². The van der Waals surface area contributed by atoms with Crippen LogP contribution in [0, 0.1) is 10.1 Å². The normalized spacial score (nSPS) is 10.5. The zero-order chi connectivity index (χ0) is 14.5. The van der Waals surface area contributed by atoms with Crippen LogP contribution in [0.5, 0.6) is 0 Å². The van der Waals surface area contributed by atoms with Gasteiger partial charge in [0.2, 0.25) is 5.82 Å². The van der Waals surface area contributed by atoms with E-state index in [4.69, 9.17) is 0 Å². The first-order valence-corrected chi connectivity index (χ1v) is 6.39. The fraction of sp³-hybridized carbons (Fsp3) is 0.417. The predicted octanol–water partition coefficient (Wildman–Crippen LogP) is 1.62. The summed E-state index contributed by atoms with van der Waals surface area (Å²) in [7, 11) is 0. The summed E-state index contributed by atoms with van der Waals surface area (Å²) in [5.41, 5.74) is 0.279. The van der Waals surface area contributed by atoms with Gasteiger partial charge in [-0.05, 0) is 13.8 Å². The predicted molar refractivity (Wildman–Crippen MR) is 73.6 cm³/mol. The molecule has 2 rings (SSSR count). The molecule has 0 radical (unpaired) electrons. The first-order valence-electron chi connectivity index (χ1n) is 6.39. The fourth-order valence-corrected chi connectivity index (χ4v) is 1.98. The molecule has 0 saturated heterocycles. The first-order chi connectivity index (χ1) is 9.67. The third kappa shape index (κ3) is 2.73. The molecule has 0 unspecified atom stereocenters. The van der Waals surface area contributed by atoms with Crippen LogP contribution in [0.1, 0.15) is 25.4 Å². The number of anilines is 1. The Balaban J connectivity index is 2.41. The van der Waals surface area contributed by atoms with Crippen molar-refractivity contribution in [2.75, 3.05) is 11.9 Å². The van der Waals surface area contributed by atoms with E-state index >= 15 is 0 Å². The molecule has 0 atom stereocenters. The standard InChI is InChI=1S/C12H16N6O2/c1-3-13-12-11(18(19)20)9(15-8-16-12)7-10-14-5-6-17(10)4-2/h5-6,8H,3-4,7H2,1-2H3,(H,13,15,16). The zero-order valence-corrected chi connectivity index (χ0v) is 11.4. The van der Waals surface area contributed by atoms with Crippen molar-refractivity contribution in [3.8, 4) is 0 Å². The second-order valence-electron chi connectivity index (χ2n) is 4.11. The van der Waals surface area contributed by atoms with Gasteiger partial charge in [-0.25, -0.2) is 15.0 Å². The van der Waals surface area contributed by atoms with Crippen molar-refractivity contribution >= 4 is 11.5 Å². The van der Waals surface area contributed by atoms with Crippen molar-refractivity contribution in [1.82, 2.24) is 19.5 Å². The van der Waals surface area contributed by atoms with Crippen LogP contribution in [0.2, 0.25) is 0 Å². The van der Waals surface area contributed by atoms with Crippen molar-refractivity contribution in [3.63, 3.8) is 0 Å². The van der Waals surface area contributed by atoms with Gasteiger partial charge in [0.1, 0.15) is 17.8 Å². The Morgan fingerprint density at radius 2 is 2.15 bits per heavy atom. The monoisotopic (exact) mass is 276 g/mol. The number of rotatable bonds is 6. The van der Waals surface area contributed by atoms with E-state index in [-0.39, 0.29) is 11.5 Å². The number of nitro groups is 1. The van der Waals surface area contributed by atoms with Gasteiger partial charge in [0, 0.05) is 25.5 Å². The molecule has 2 aromatic rings. The highest BCUT2D eigenvalue weighted by Gasteiger charge is 2.23. The Bertz CT molecular complexity index is 610. The first kappa shape index (κ1) is 13.9. The fourth-order valence-electron chi connectivity index (χ4n) is 1.98. The van der Waals surface area contributed by atoms with Gasteiger partial charge >= 0.3 is 5.69 Å². The summed E-state index contributed by atoms with van der Waals surface area (Å²) in [5.74, 6) is 0.994. The second-order valence-corrected chi connectivity index (χ2v) is 4.11. The topological polar surface area (TPSA) is 98.8 Å². The van der Waals surface area contributed by atoms with E-state index in [1.165, 1.54) is 6.33 Å². The van der Waals surface area contributed by atoms with E-state index in [1.54, 1.807) is 6.20 Å². The highest BCUT2D eigenvalue weighted by molar-refractivity contribution is 5.58. The van der Waals surface area contributed by atoms with Crippen molar-refractivity contribution in [3.05, 3.63) is 40.4 Å². The molecule has 20 heavy (non-hydrogen) atoms. The molecular weight excluding hydrogens is 260 g/mol. The van der Waals surface area contributed by atoms with E-state index in [1.807, 2.05) is 24.6 Å². The number of aromatic nitrogens is 4. The molecule has 106 valence electrons. The Morgan fingerprint density at radius 3 is 2.80 bits per heavy atom. The SMILES string of the molecule is CCNc1ncnc(Cc2nccn2CC)c1[N+](=O)[O-]. The summed E-state index contributed by atoms with van der Waals surface area (Å²) >= 11 is 0. The average molecular weight is 276 g/mol. The van der Waals surface area contributed by atoms with Gasteiger partial charge in [-0.1, -0.05) is 0 Å². The minimum Gasteiger partial charge on any atom is -0.365 e. The zero-order valence-electron chi connectivity index (χ0n) is 11.4. The maximum atomic E-state index is 11.3. The van der Waals surface area contributed by atoms with Gasteiger partial charge < -0.3 is 9.88 Å². The molecule has 0 aliphatic carbocycles. The van der Waals surface area contributed by atoms with Gasteiger partial charge in [0.15, 0.2) is 0 Å². The Labute approximate surface area is 116 Å². The highest BCUT2D eigenvalue weighted by Crippen LogP contribution is 2.26. The van der Waals surface area contributed by atoms with Crippen LogP contribution < -0.4 is 5.32 Å². The maximum absolute atomic E-state index is 11.3. The van der Waals surface area contributed by atoms with Gasteiger partial charge in [0.05, 0.1) is 11.3 Å². The lowest BCUT2D eigenvalue weighted by molar-refractivity contribution is -0.385. The van der Waals surface area contributed by atoms with Crippen LogP contribution in [0.4, 0.5) is 11.5 Å². The number of imidazole rings is 1. The molecule has 0 aliphatic rings. The molecule has 0 spiro atoms. The van der Waals surface area contributed by atoms with Crippen LogP contribution >= 0.6 is 0 Å². The number of aryl methyl sites for hydroxylation is 1. The number of hydrogen-bond donors (Lipinski definition) is 1. The maximum Gasteiger partial charge on any atom is 0.333 e. The summed E-state index contributed by atoms with van der Waals surface area (Å²) in [6.07, 6.45) is 5.16. The molecule has 2 heterocycles. The second kappa shape index (κ2) is 6.09. The lowest BCUT2D eigenvalue weighted by Gasteiger charge is -2.08. The summed E-state index contributed by atoms with van der Waals surface area (Å²) < 4.78 is 1.93. The molecule has 0 bridgehead atoms. The molecule has 0 amide bonds.